The number of unbranched alkanes of at least 4 members (excludes halogenated alkanes) is 1. The zero-order valence-corrected chi connectivity index (χ0v) is 12.1. The third-order valence-corrected chi connectivity index (χ3v) is 3.57. The molecule has 1 heterocycles. The maximum absolute atomic E-state index is 5.43. The first-order valence-corrected chi connectivity index (χ1v) is 7.21. The zero-order valence-electron chi connectivity index (χ0n) is 12.1. The minimum atomic E-state index is 0.967. The molecule has 0 atom stereocenters. The average molecular weight is 263 g/mol. The summed E-state index contributed by atoms with van der Waals surface area (Å²) in [5.41, 5.74) is 4.71. The number of nitrogens with one attached hydrogen (secondary N) is 1. The second-order valence-corrected chi connectivity index (χ2v) is 4.91. The molecule has 1 fully saturated rings. The topological polar surface area (TPSA) is 27.7 Å². The Balaban J connectivity index is 1.85. The largest absolute Gasteiger partial charge is 0.495 e. The van der Waals surface area contributed by atoms with E-state index < -0.39 is 0 Å². The number of hydrogen-bond acceptors (Lipinski definition) is 4. The molecule has 0 aromatic heterocycles. The van der Waals surface area contributed by atoms with Crippen molar-refractivity contribution in [1.82, 2.24) is 10.4 Å². The SMILES string of the molecule is CCCCNN1CCN(c2ccccc2OC)CC1. The lowest BCUT2D eigenvalue weighted by Crippen LogP contribution is -2.52. The number of ether oxygens (including phenoxy) is 1. The first kappa shape index (κ1) is 14.2. The fraction of sp³-hybridized carbons (Fsp3) is 0.600. The van der Waals surface area contributed by atoms with Crippen LogP contribution in [0.1, 0.15) is 19.8 Å². The molecule has 4 nitrogen and oxygen atoms in total. The van der Waals surface area contributed by atoms with Crippen molar-refractivity contribution in [1.29, 1.82) is 0 Å². The van der Waals surface area contributed by atoms with Crippen LogP contribution in [0.15, 0.2) is 24.3 Å². The average Bonchev–Trinajstić information content (AvgIpc) is 2.48. The maximum atomic E-state index is 5.43. The molecule has 2 rings (SSSR count). The normalized spacial score (nSPS) is 16.6. The Labute approximate surface area is 116 Å². The Bertz CT molecular complexity index is 375. The van der Waals surface area contributed by atoms with Crippen LogP contribution in [0.3, 0.4) is 0 Å². The summed E-state index contributed by atoms with van der Waals surface area (Å²) >= 11 is 0. The molecule has 0 spiro atoms. The first-order chi connectivity index (χ1) is 9.35. The lowest BCUT2D eigenvalue weighted by atomic mass is 10.2. The fourth-order valence-electron chi connectivity index (χ4n) is 2.41. The molecule has 106 valence electrons. The third-order valence-electron chi connectivity index (χ3n) is 3.57. The molecule has 0 bridgehead atoms. The van der Waals surface area contributed by atoms with Gasteiger partial charge in [-0.15, -0.1) is 0 Å². The Morgan fingerprint density at radius 1 is 1.16 bits per heavy atom. The quantitative estimate of drug-likeness (QED) is 0.796. The van der Waals surface area contributed by atoms with Gasteiger partial charge in [0.1, 0.15) is 5.75 Å². The van der Waals surface area contributed by atoms with Gasteiger partial charge in [-0.3, -0.25) is 5.43 Å². The van der Waals surface area contributed by atoms with Crippen molar-refractivity contribution < 1.29 is 4.74 Å². The van der Waals surface area contributed by atoms with Gasteiger partial charge in [0.25, 0.3) is 0 Å². The molecule has 1 aliphatic heterocycles. The molecule has 4 heteroatoms. The molecule has 1 aliphatic rings. The summed E-state index contributed by atoms with van der Waals surface area (Å²) in [4.78, 5) is 2.40. The molecular weight excluding hydrogens is 238 g/mol. The van der Waals surface area contributed by atoms with E-state index in [0.29, 0.717) is 0 Å². The Morgan fingerprint density at radius 3 is 2.58 bits per heavy atom. The van der Waals surface area contributed by atoms with Gasteiger partial charge in [0.15, 0.2) is 0 Å². The van der Waals surface area contributed by atoms with Gasteiger partial charge in [-0.25, -0.2) is 5.01 Å². The minimum absolute atomic E-state index is 0.967. The predicted molar refractivity (Wildman–Crippen MR) is 79.7 cm³/mol. The minimum Gasteiger partial charge on any atom is -0.495 e. The van der Waals surface area contributed by atoms with E-state index >= 15 is 0 Å². The van der Waals surface area contributed by atoms with Gasteiger partial charge in [0, 0.05) is 32.7 Å². The molecule has 1 aromatic rings. The summed E-state index contributed by atoms with van der Waals surface area (Å²) < 4.78 is 5.43. The lowest BCUT2D eigenvalue weighted by Gasteiger charge is -2.36. The summed E-state index contributed by atoms with van der Waals surface area (Å²) in [6.45, 7) is 7.51. The van der Waals surface area contributed by atoms with E-state index in [-0.39, 0.29) is 0 Å². The summed E-state index contributed by atoms with van der Waals surface area (Å²) in [5, 5.41) is 2.33. The van der Waals surface area contributed by atoms with Crippen LogP contribution >= 0.6 is 0 Å². The second kappa shape index (κ2) is 7.36. The Hall–Kier alpha value is -1.26. The van der Waals surface area contributed by atoms with Crippen LogP contribution in [0.4, 0.5) is 5.69 Å². The summed E-state index contributed by atoms with van der Waals surface area (Å²) in [6.07, 6.45) is 2.49. The highest BCUT2D eigenvalue weighted by Gasteiger charge is 2.18. The van der Waals surface area contributed by atoms with E-state index in [9.17, 15) is 0 Å². The summed E-state index contributed by atoms with van der Waals surface area (Å²) in [6, 6.07) is 8.26. The van der Waals surface area contributed by atoms with Crippen LogP contribution in [-0.4, -0.2) is 44.8 Å². The van der Waals surface area contributed by atoms with Crippen LogP contribution in [0.2, 0.25) is 0 Å². The monoisotopic (exact) mass is 263 g/mol. The molecule has 1 aromatic carbocycles. The number of methoxy groups -OCH3 is 1. The van der Waals surface area contributed by atoms with E-state index in [1.54, 1.807) is 7.11 Å². The van der Waals surface area contributed by atoms with Gasteiger partial charge >= 0.3 is 0 Å². The van der Waals surface area contributed by atoms with Gasteiger partial charge in [-0.2, -0.15) is 0 Å². The van der Waals surface area contributed by atoms with Gasteiger partial charge in [0.2, 0.25) is 0 Å². The zero-order chi connectivity index (χ0) is 13.5. The molecule has 0 radical (unpaired) electrons. The van der Waals surface area contributed by atoms with Crippen molar-refractivity contribution in [3.05, 3.63) is 24.3 Å². The molecule has 19 heavy (non-hydrogen) atoms. The maximum Gasteiger partial charge on any atom is 0.142 e. The van der Waals surface area contributed by atoms with Gasteiger partial charge in [0.05, 0.1) is 12.8 Å². The highest BCUT2D eigenvalue weighted by molar-refractivity contribution is 5.58. The fourth-order valence-corrected chi connectivity index (χ4v) is 2.41. The Morgan fingerprint density at radius 2 is 1.89 bits per heavy atom. The van der Waals surface area contributed by atoms with E-state index in [0.717, 1.165) is 38.5 Å². The predicted octanol–water partition coefficient (Wildman–Crippen LogP) is 2.12. The summed E-state index contributed by atoms with van der Waals surface area (Å²) in [7, 11) is 1.74. The first-order valence-electron chi connectivity index (χ1n) is 7.21. The van der Waals surface area contributed by atoms with Gasteiger partial charge in [-0.1, -0.05) is 25.5 Å². The number of piperazine rings is 1. The number of para-hydroxylation sites is 2. The number of anilines is 1. The smallest absolute Gasteiger partial charge is 0.142 e. The molecule has 1 saturated heterocycles. The van der Waals surface area contributed by atoms with Crippen LogP contribution in [-0.2, 0) is 0 Å². The molecule has 1 N–H and O–H groups in total. The van der Waals surface area contributed by atoms with E-state index in [1.807, 2.05) is 12.1 Å². The van der Waals surface area contributed by atoms with Crippen molar-refractivity contribution in [2.75, 3.05) is 44.7 Å². The van der Waals surface area contributed by atoms with Crippen molar-refractivity contribution >= 4 is 5.69 Å². The van der Waals surface area contributed by atoms with Crippen LogP contribution in [0, 0.1) is 0 Å². The molecular formula is C15H25N3O. The van der Waals surface area contributed by atoms with Crippen LogP contribution in [0.5, 0.6) is 5.75 Å². The Kier molecular flexibility index (Phi) is 5.48. The van der Waals surface area contributed by atoms with Crippen molar-refractivity contribution in [2.24, 2.45) is 0 Å². The lowest BCUT2D eigenvalue weighted by molar-refractivity contribution is 0.175. The standard InChI is InChI=1S/C15H25N3O/c1-3-4-9-16-18-12-10-17(11-13-18)14-7-5-6-8-15(14)19-2/h5-8,16H,3-4,9-13H2,1-2H3. The number of hydrazine groups is 1. The number of hydrogen-bond donors (Lipinski definition) is 1. The van der Waals surface area contributed by atoms with Gasteiger partial charge in [-0.05, 0) is 18.6 Å². The highest BCUT2D eigenvalue weighted by atomic mass is 16.5. The number of rotatable bonds is 6. The number of nitrogens with zero attached hydrogens (tertiary/aromatic N) is 2. The molecule has 0 unspecified atom stereocenters. The molecule has 0 saturated carbocycles. The second-order valence-electron chi connectivity index (χ2n) is 4.91. The molecule has 0 aliphatic carbocycles. The third kappa shape index (κ3) is 3.85. The van der Waals surface area contributed by atoms with E-state index in [4.69, 9.17) is 4.74 Å². The van der Waals surface area contributed by atoms with E-state index in [1.165, 1.54) is 18.5 Å². The van der Waals surface area contributed by atoms with Crippen LogP contribution < -0.4 is 15.1 Å². The summed E-state index contributed by atoms with van der Waals surface area (Å²) in [5.74, 6) is 0.967. The van der Waals surface area contributed by atoms with Crippen LogP contribution in [0.25, 0.3) is 0 Å². The molecule has 0 amide bonds. The van der Waals surface area contributed by atoms with E-state index in [2.05, 4.69) is 34.4 Å². The van der Waals surface area contributed by atoms with Crippen molar-refractivity contribution in [2.45, 2.75) is 19.8 Å². The van der Waals surface area contributed by atoms with Gasteiger partial charge < -0.3 is 9.64 Å². The van der Waals surface area contributed by atoms with Crippen molar-refractivity contribution in [3.8, 4) is 5.75 Å². The van der Waals surface area contributed by atoms with Crippen molar-refractivity contribution in [3.63, 3.8) is 0 Å². The highest BCUT2D eigenvalue weighted by Crippen LogP contribution is 2.28. The number of benzene rings is 1.